The Morgan fingerprint density at radius 3 is 2.70 bits per heavy atom. The third-order valence-electron chi connectivity index (χ3n) is 2.92. The third-order valence-corrected chi connectivity index (χ3v) is 3.74. The van der Waals surface area contributed by atoms with Crippen LogP contribution in [0.15, 0.2) is 36.4 Å². The SMILES string of the molecule is CCOc1ccc(C(=O)Nc2cccc(Cl)c2Cl)cc1[N+](=O)[O-]. The molecule has 0 unspecified atom stereocenters. The Bertz CT molecular complexity index is 765. The van der Waals surface area contributed by atoms with Gasteiger partial charge in [-0.05, 0) is 31.2 Å². The highest BCUT2D eigenvalue weighted by Gasteiger charge is 2.19. The molecule has 0 aliphatic heterocycles. The molecule has 2 aromatic carbocycles. The molecule has 2 rings (SSSR count). The molecule has 0 fully saturated rings. The first kappa shape index (κ1) is 17.1. The van der Waals surface area contributed by atoms with E-state index in [0.717, 1.165) is 6.07 Å². The van der Waals surface area contributed by atoms with Gasteiger partial charge in [-0.25, -0.2) is 0 Å². The van der Waals surface area contributed by atoms with Gasteiger partial charge in [0.1, 0.15) is 0 Å². The van der Waals surface area contributed by atoms with E-state index in [1.54, 1.807) is 25.1 Å². The van der Waals surface area contributed by atoms with Crippen LogP contribution >= 0.6 is 23.2 Å². The quantitative estimate of drug-likeness (QED) is 0.630. The van der Waals surface area contributed by atoms with Crippen LogP contribution in [0.4, 0.5) is 11.4 Å². The van der Waals surface area contributed by atoms with Gasteiger partial charge in [-0.15, -0.1) is 0 Å². The molecule has 0 aliphatic carbocycles. The van der Waals surface area contributed by atoms with Gasteiger partial charge in [-0.2, -0.15) is 0 Å². The van der Waals surface area contributed by atoms with Crippen molar-refractivity contribution in [2.24, 2.45) is 0 Å². The average molecular weight is 355 g/mol. The number of carbonyl (C=O) groups is 1. The highest BCUT2D eigenvalue weighted by atomic mass is 35.5. The van der Waals surface area contributed by atoms with E-state index in [1.165, 1.54) is 12.1 Å². The van der Waals surface area contributed by atoms with E-state index in [1.807, 2.05) is 0 Å². The predicted molar refractivity (Wildman–Crippen MR) is 88.7 cm³/mol. The Labute approximate surface area is 142 Å². The molecule has 120 valence electrons. The van der Waals surface area contributed by atoms with Crippen molar-refractivity contribution in [3.8, 4) is 5.75 Å². The number of halogens is 2. The number of benzene rings is 2. The largest absolute Gasteiger partial charge is 0.487 e. The number of nitro groups is 1. The maximum absolute atomic E-state index is 12.2. The number of carbonyl (C=O) groups excluding carboxylic acids is 1. The molecule has 0 spiro atoms. The summed E-state index contributed by atoms with van der Waals surface area (Å²) < 4.78 is 5.17. The highest BCUT2D eigenvalue weighted by molar-refractivity contribution is 6.44. The fourth-order valence-electron chi connectivity index (χ4n) is 1.87. The van der Waals surface area contributed by atoms with Crippen molar-refractivity contribution in [1.82, 2.24) is 0 Å². The van der Waals surface area contributed by atoms with Gasteiger partial charge in [-0.3, -0.25) is 14.9 Å². The van der Waals surface area contributed by atoms with Crippen LogP contribution in [0.3, 0.4) is 0 Å². The van der Waals surface area contributed by atoms with E-state index in [2.05, 4.69) is 5.32 Å². The number of amides is 1. The standard InChI is InChI=1S/C15H12Cl2N2O4/c1-2-23-13-7-6-9(8-12(13)19(21)22)15(20)18-11-5-3-4-10(16)14(11)17/h3-8H,2H2,1H3,(H,18,20). The monoisotopic (exact) mass is 354 g/mol. The van der Waals surface area contributed by atoms with Crippen molar-refractivity contribution >= 4 is 40.5 Å². The summed E-state index contributed by atoms with van der Waals surface area (Å²) in [5.41, 5.74) is 0.147. The minimum Gasteiger partial charge on any atom is -0.487 e. The second-order valence-electron chi connectivity index (χ2n) is 4.43. The third kappa shape index (κ3) is 3.91. The van der Waals surface area contributed by atoms with Crippen LogP contribution < -0.4 is 10.1 Å². The van der Waals surface area contributed by atoms with Crippen LogP contribution in [0.25, 0.3) is 0 Å². The van der Waals surface area contributed by atoms with Crippen LogP contribution in [-0.4, -0.2) is 17.4 Å². The molecule has 1 N–H and O–H groups in total. The predicted octanol–water partition coefficient (Wildman–Crippen LogP) is 4.55. The van der Waals surface area contributed by atoms with E-state index >= 15 is 0 Å². The summed E-state index contributed by atoms with van der Waals surface area (Å²) in [7, 11) is 0. The lowest BCUT2D eigenvalue weighted by Crippen LogP contribution is -2.13. The van der Waals surface area contributed by atoms with Crippen LogP contribution in [0.2, 0.25) is 10.0 Å². The molecule has 6 nitrogen and oxygen atoms in total. The molecule has 23 heavy (non-hydrogen) atoms. The van der Waals surface area contributed by atoms with E-state index in [0.29, 0.717) is 10.7 Å². The number of nitrogens with one attached hydrogen (secondary N) is 1. The Morgan fingerprint density at radius 2 is 2.04 bits per heavy atom. The van der Waals surface area contributed by atoms with Crippen molar-refractivity contribution in [2.45, 2.75) is 6.92 Å². The topological polar surface area (TPSA) is 81.5 Å². The first-order valence-electron chi connectivity index (χ1n) is 6.60. The molecule has 0 bridgehead atoms. The maximum atomic E-state index is 12.2. The van der Waals surface area contributed by atoms with Crippen molar-refractivity contribution in [1.29, 1.82) is 0 Å². The summed E-state index contributed by atoms with van der Waals surface area (Å²) in [5, 5.41) is 14.1. The molecule has 8 heteroatoms. The molecule has 0 aromatic heterocycles. The second kappa shape index (κ2) is 7.30. The van der Waals surface area contributed by atoms with Crippen molar-refractivity contribution in [3.05, 3.63) is 62.1 Å². The lowest BCUT2D eigenvalue weighted by atomic mass is 10.1. The maximum Gasteiger partial charge on any atom is 0.311 e. The van der Waals surface area contributed by atoms with Gasteiger partial charge < -0.3 is 10.1 Å². The average Bonchev–Trinajstić information content (AvgIpc) is 2.52. The van der Waals surface area contributed by atoms with E-state index in [9.17, 15) is 14.9 Å². The molecule has 0 radical (unpaired) electrons. The molecule has 0 saturated carbocycles. The molecule has 1 amide bonds. The molecule has 2 aromatic rings. The smallest absolute Gasteiger partial charge is 0.311 e. The normalized spacial score (nSPS) is 10.2. The Morgan fingerprint density at radius 1 is 1.30 bits per heavy atom. The zero-order valence-corrected chi connectivity index (χ0v) is 13.5. The van der Waals surface area contributed by atoms with Crippen molar-refractivity contribution < 1.29 is 14.5 Å². The number of hydrogen-bond donors (Lipinski definition) is 1. The van der Waals surface area contributed by atoms with Crippen molar-refractivity contribution in [3.63, 3.8) is 0 Å². The number of ether oxygens (including phenoxy) is 1. The van der Waals surface area contributed by atoms with Gasteiger partial charge in [0, 0.05) is 11.6 Å². The molecular formula is C15H12Cl2N2O4. The molecule has 0 atom stereocenters. The molecular weight excluding hydrogens is 343 g/mol. The number of nitrogens with zero attached hydrogens (tertiary/aromatic N) is 1. The van der Waals surface area contributed by atoms with Gasteiger partial charge in [0.05, 0.1) is 27.3 Å². The van der Waals surface area contributed by atoms with Crippen molar-refractivity contribution in [2.75, 3.05) is 11.9 Å². The number of rotatable bonds is 5. The van der Waals surface area contributed by atoms with E-state index < -0.39 is 10.8 Å². The molecule has 0 aliphatic rings. The summed E-state index contributed by atoms with van der Waals surface area (Å²) in [6.45, 7) is 2.00. The first-order chi connectivity index (χ1) is 10.9. The van der Waals surface area contributed by atoms with Crippen LogP contribution in [0.5, 0.6) is 5.75 Å². The Balaban J connectivity index is 2.31. The molecule has 0 heterocycles. The van der Waals surface area contributed by atoms with Crippen LogP contribution in [-0.2, 0) is 0 Å². The number of anilines is 1. The van der Waals surface area contributed by atoms with Gasteiger partial charge >= 0.3 is 5.69 Å². The summed E-state index contributed by atoms with van der Waals surface area (Å²) in [6, 6.07) is 8.77. The van der Waals surface area contributed by atoms with E-state index in [-0.39, 0.29) is 28.6 Å². The minimum atomic E-state index is -0.603. The first-order valence-corrected chi connectivity index (χ1v) is 7.36. The lowest BCUT2D eigenvalue weighted by molar-refractivity contribution is -0.385. The number of hydrogen-bond acceptors (Lipinski definition) is 4. The second-order valence-corrected chi connectivity index (χ2v) is 5.21. The highest BCUT2D eigenvalue weighted by Crippen LogP contribution is 2.31. The summed E-state index contributed by atoms with van der Waals surface area (Å²) in [6.07, 6.45) is 0. The lowest BCUT2D eigenvalue weighted by Gasteiger charge is -2.09. The van der Waals surface area contributed by atoms with Crippen LogP contribution in [0.1, 0.15) is 17.3 Å². The zero-order chi connectivity index (χ0) is 17.0. The molecule has 0 saturated heterocycles. The minimum absolute atomic E-state index is 0.106. The summed E-state index contributed by atoms with van der Waals surface area (Å²) in [4.78, 5) is 22.7. The Kier molecular flexibility index (Phi) is 5.41. The van der Waals surface area contributed by atoms with Gasteiger partial charge in [-0.1, -0.05) is 29.3 Å². The Hall–Kier alpha value is -2.31. The van der Waals surface area contributed by atoms with Gasteiger partial charge in [0.2, 0.25) is 0 Å². The van der Waals surface area contributed by atoms with Gasteiger partial charge in [0.15, 0.2) is 5.75 Å². The fraction of sp³-hybridized carbons (Fsp3) is 0.133. The van der Waals surface area contributed by atoms with Crippen LogP contribution in [0, 0.1) is 10.1 Å². The summed E-state index contributed by atoms with van der Waals surface area (Å²) in [5.74, 6) is -0.435. The fourth-order valence-corrected chi connectivity index (χ4v) is 2.22. The number of nitro benzene ring substituents is 1. The van der Waals surface area contributed by atoms with Gasteiger partial charge in [0.25, 0.3) is 5.91 Å². The zero-order valence-electron chi connectivity index (χ0n) is 12.0. The van der Waals surface area contributed by atoms with E-state index in [4.69, 9.17) is 27.9 Å². The summed E-state index contributed by atoms with van der Waals surface area (Å²) >= 11 is 11.9.